The molecule has 1 fully saturated rings. The molecule has 0 spiro atoms. The van der Waals surface area contributed by atoms with E-state index in [2.05, 4.69) is 44.1 Å². The van der Waals surface area contributed by atoms with Crippen LogP contribution < -0.4 is 10.5 Å². The van der Waals surface area contributed by atoms with Crippen molar-refractivity contribution in [1.82, 2.24) is 34.1 Å². The normalized spacial score (nSPS) is 17.1. The van der Waals surface area contributed by atoms with Gasteiger partial charge in [-0.15, -0.1) is 14.8 Å². The van der Waals surface area contributed by atoms with Gasteiger partial charge in [0.15, 0.2) is 5.65 Å². The van der Waals surface area contributed by atoms with Gasteiger partial charge in [0, 0.05) is 31.4 Å². The first-order valence-corrected chi connectivity index (χ1v) is 9.64. The zero-order chi connectivity index (χ0) is 20.1. The smallest absolute Gasteiger partial charge is 0.258 e. The van der Waals surface area contributed by atoms with Gasteiger partial charge < -0.3 is 9.80 Å². The fourth-order valence-electron chi connectivity index (χ4n) is 3.83. The van der Waals surface area contributed by atoms with E-state index in [-0.39, 0.29) is 5.56 Å². The van der Waals surface area contributed by atoms with E-state index in [0.29, 0.717) is 34.5 Å². The van der Waals surface area contributed by atoms with Crippen LogP contribution in [0, 0.1) is 6.92 Å². The Labute approximate surface area is 167 Å². The van der Waals surface area contributed by atoms with Gasteiger partial charge in [-0.1, -0.05) is 0 Å². The van der Waals surface area contributed by atoms with E-state index in [9.17, 15) is 4.79 Å². The lowest BCUT2D eigenvalue weighted by Gasteiger charge is -2.22. The molecule has 0 saturated carbocycles. The molecule has 29 heavy (non-hydrogen) atoms. The van der Waals surface area contributed by atoms with Crippen molar-refractivity contribution in [3.8, 4) is 11.4 Å². The summed E-state index contributed by atoms with van der Waals surface area (Å²) in [5.74, 6) is 0.645. The van der Waals surface area contributed by atoms with Crippen molar-refractivity contribution >= 4 is 17.0 Å². The zero-order valence-corrected chi connectivity index (χ0v) is 16.6. The Kier molecular flexibility index (Phi) is 4.06. The largest absolute Gasteiger partial charge is 0.369 e. The predicted molar refractivity (Wildman–Crippen MR) is 110 cm³/mol. The minimum atomic E-state index is -0.133. The second kappa shape index (κ2) is 6.63. The molecule has 1 saturated heterocycles. The third-order valence-corrected chi connectivity index (χ3v) is 5.48. The van der Waals surface area contributed by atoms with Gasteiger partial charge in [0.1, 0.15) is 17.2 Å². The summed E-state index contributed by atoms with van der Waals surface area (Å²) in [7, 11) is 4.22. The highest BCUT2D eigenvalue weighted by molar-refractivity contribution is 5.60. The molecule has 1 aliphatic rings. The summed E-state index contributed by atoms with van der Waals surface area (Å²) in [4.78, 5) is 26.3. The average molecular weight is 390 g/mol. The summed E-state index contributed by atoms with van der Waals surface area (Å²) in [5, 5.41) is 8.67. The average Bonchev–Trinajstić information content (AvgIpc) is 3.33. The quantitative estimate of drug-likeness (QED) is 0.520. The number of hydrogen-bond donors (Lipinski definition) is 0. The lowest BCUT2D eigenvalue weighted by atomic mass is 10.2. The van der Waals surface area contributed by atoms with E-state index in [4.69, 9.17) is 0 Å². The molecule has 9 nitrogen and oxygen atoms in total. The molecule has 5 rings (SSSR count). The first-order valence-electron chi connectivity index (χ1n) is 9.64. The van der Waals surface area contributed by atoms with E-state index < -0.39 is 0 Å². The van der Waals surface area contributed by atoms with Crippen LogP contribution in [0.25, 0.3) is 22.7 Å². The molecule has 0 aromatic carbocycles. The lowest BCUT2D eigenvalue weighted by molar-refractivity contribution is 0.315. The maximum absolute atomic E-state index is 12.8. The number of fused-ring (bicyclic) bond motifs is 2. The van der Waals surface area contributed by atoms with Crippen LogP contribution in [-0.2, 0) is 0 Å². The molecule has 0 aliphatic carbocycles. The predicted octanol–water partition coefficient (Wildman–Crippen LogP) is 1.25. The number of nitrogens with zero attached hydrogens (tertiary/aromatic N) is 8. The molecule has 0 radical (unpaired) electrons. The Bertz CT molecular complexity index is 1270. The molecular weight excluding hydrogens is 368 g/mol. The maximum Gasteiger partial charge on any atom is 0.258 e. The van der Waals surface area contributed by atoms with Gasteiger partial charge in [0.25, 0.3) is 5.56 Å². The first kappa shape index (κ1) is 17.7. The highest BCUT2D eigenvalue weighted by atomic mass is 16.1. The second-order valence-electron chi connectivity index (χ2n) is 7.67. The topological polar surface area (TPSA) is 83.9 Å². The third-order valence-electron chi connectivity index (χ3n) is 5.48. The number of aryl methyl sites for hydroxylation is 1. The van der Waals surface area contributed by atoms with Gasteiger partial charge in [-0.3, -0.25) is 9.20 Å². The van der Waals surface area contributed by atoms with Crippen molar-refractivity contribution in [2.24, 2.45) is 0 Å². The van der Waals surface area contributed by atoms with Crippen molar-refractivity contribution in [3.05, 3.63) is 52.7 Å². The van der Waals surface area contributed by atoms with E-state index in [1.807, 2.05) is 37.4 Å². The van der Waals surface area contributed by atoms with Crippen LogP contribution >= 0.6 is 0 Å². The Hall–Kier alpha value is -3.33. The van der Waals surface area contributed by atoms with Crippen molar-refractivity contribution in [3.63, 3.8) is 0 Å². The standard InChI is InChI=1S/C20H22N8O/c1-13-21-19-7-5-16(24-28(19)23-13)17-10-20(29)27-12-15(4-6-18(27)22-17)26-9-8-14(11-26)25(2)3/h4-7,10,12,14H,8-9,11H2,1-3H3. The van der Waals surface area contributed by atoms with Gasteiger partial charge in [-0.2, -0.15) is 0 Å². The summed E-state index contributed by atoms with van der Waals surface area (Å²) < 4.78 is 3.06. The number of anilines is 1. The number of likely N-dealkylation sites (N-methyl/N-ethyl adjacent to an activating group) is 1. The molecule has 1 aliphatic heterocycles. The van der Waals surface area contributed by atoms with E-state index in [1.165, 1.54) is 10.7 Å². The molecule has 0 N–H and O–H groups in total. The number of aromatic nitrogens is 6. The van der Waals surface area contributed by atoms with Crippen molar-refractivity contribution in [1.29, 1.82) is 0 Å². The van der Waals surface area contributed by atoms with Crippen LogP contribution in [0.3, 0.4) is 0 Å². The van der Waals surface area contributed by atoms with Gasteiger partial charge >= 0.3 is 0 Å². The monoisotopic (exact) mass is 390 g/mol. The molecule has 4 aromatic heterocycles. The van der Waals surface area contributed by atoms with Gasteiger partial charge in [0.05, 0.1) is 11.4 Å². The molecule has 0 amide bonds. The number of hydrogen-bond acceptors (Lipinski definition) is 7. The van der Waals surface area contributed by atoms with E-state index in [0.717, 1.165) is 25.2 Å². The van der Waals surface area contributed by atoms with Crippen LogP contribution in [0.5, 0.6) is 0 Å². The zero-order valence-electron chi connectivity index (χ0n) is 16.6. The summed E-state index contributed by atoms with van der Waals surface area (Å²) in [6, 6.07) is 9.60. The molecule has 0 bridgehead atoms. The van der Waals surface area contributed by atoms with Crippen LogP contribution in [0.2, 0.25) is 0 Å². The summed E-state index contributed by atoms with van der Waals surface area (Å²) in [5.41, 5.74) is 3.26. The Morgan fingerprint density at radius 3 is 2.66 bits per heavy atom. The van der Waals surface area contributed by atoms with Crippen molar-refractivity contribution < 1.29 is 0 Å². The Morgan fingerprint density at radius 1 is 1.03 bits per heavy atom. The number of pyridine rings is 1. The Morgan fingerprint density at radius 2 is 1.86 bits per heavy atom. The maximum atomic E-state index is 12.8. The fourth-order valence-corrected chi connectivity index (χ4v) is 3.83. The molecule has 5 heterocycles. The van der Waals surface area contributed by atoms with Crippen LogP contribution in [-0.4, -0.2) is 67.3 Å². The highest BCUT2D eigenvalue weighted by Crippen LogP contribution is 2.23. The summed E-state index contributed by atoms with van der Waals surface area (Å²) >= 11 is 0. The minimum Gasteiger partial charge on any atom is -0.369 e. The first-order chi connectivity index (χ1) is 14.0. The molecule has 1 unspecified atom stereocenters. The molecule has 148 valence electrons. The van der Waals surface area contributed by atoms with Gasteiger partial charge in [-0.05, 0) is 51.7 Å². The summed E-state index contributed by atoms with van der Waals surface area (Å²) in [6.45, 7) is 3.75. The lowest BCUT2D eigenvalue weighted by Crippen LogP contribution is -2.31. The van der Waals surface area contributed by atoms with Gasteiger partial charge in [-0.25, -0.2) is 9.97 Å². The molecule has 4 aromatic rings. The van der Waals surface area contributed by atoms with Crippen molar-refractivity contribution in [2.45, 2.75) is 19.4 Å². The molecule has 1 atom stereocenters. The summed E-state index contributed by atoms with van der Waals surface area (Å²) in [6.07, 6.45) is 3.00. The molecule has 9 heteroatoms. The van der Waals surface area contributed by atoms with E-state index in [1.54, 1.807) is 4.40 Å². The van der Waals surface area contributed by atoms with Crippen molar-refractivity contribution in [2.75, 3.05) is 32.1 Å². The second-order valence-corrected chi connectivity index (χ2v) is 7.67. The molecular formula is C20H22N8O. The SMILES string of the molecule is Cc1nc2ccc(-c3cc(=O)n4cc(N5CCC(N(C)C)C5)ccc4n3)nn2n1. The van der Waals surface area contributed by atoms with Crippen LogP contribution in [0.4, 0.5) is 5.69 Å². The number of rotatable bonds is 3. The highest BCUT2D eigenvalue weighted by Gasteiger charge is 2.24. The van der Waals surface area contributed by atoms with Crippen LogP contribution in [0.1, 0.15) is 12.2 Å². The fraction of sp³-hybridized carbons (Fsp3) is 0.350. The third kappa shape index (κ3) is 3.13. The van der Waals surface area contributed by atoms with Gasteiger partial charge in [0.2, 0.25) is 0 Å². The van der Waals surface area contributed by atoms with E-state index >= 15 is 0 Å². The van der Waals surface area contributed by atoms with Crippen LogP contribution in [0.15, 0.2) is 41.3 Å². The minimum absolute atomic E-state index is 0.133. The Balaban J connectivity index is 1.52.